The van der Waals surface area contributed by atoms with E-state index in [1.165, 1.54) is 30.2 Å². The van der Waals surface area contributed by atoms with E-state index < -0.39 is 5.97 Å². The number of ether oxygens (including phenoxy) is 2. The van der Waals surface area contributed by atoms with E-state index in [-0.39, 0.29) is 18.3 Å². The molecule has 1 amide bonds. The molecular weight excluding hydrogens is 472 g/mol. The Balaban J connectivity index is 1.63. The Morgan fingerprint density at radius 2 is 2.16 bits per heavy atom. The van der Waals surface area contributed by atoms with E-state index in [1.807, 2.05) is 17.6 Å². The largest absolute Gasteiger partial charge is 0.485 e. The monoisotopic (exact) mass is 492 g/mol. The summed E-state index contributed by atoms with van der Waals surface area (Å²) < 4.78 is 12.4. The van der Waals surface area contributed by atoms with Crippen LogP contribution >= 0.6 is 34.7 Å². The Labute approximate surface area is 198 Å². The number of esters is 1. The highest BCUT2D eigenvalue weighted by molar-refractivity contribution is 7.99. The van der Waals surface area contributed by atoms with Gasteiger partial charge in [0.25, 0.3) is 0 Å². The van der Waals surface area contributed by atoms with Crippen molar-refractivity contribution in [3.8, 4) is 5.75 Å². The van der Waals surface area contributed by atoms with Gasteiger partial charge in [-0.3, -0.25) is 9.36 Å². The van der Waals surface area contributed by atoms with Crippen LogP contribution < -0.4 is 10.1 Å². The number of rotatable bonds is 10. The average molecular weight is 493 g/mol. The molecule has 0 atom stereocenters. The number of anilines is 1. The number of nitrogens with one attached hydrogen (secondary N) is 1. The van der Waals surface area contributed by atoms with Crippen LogP contribution in [0, 0.1) is 6.92 Å². The van der Waals surface area contributed by atoms with E-state index in [4.69, 9.17) is 21.1 Å². The van der Waals surface area contributed by atoms with Crippen molar-refractivity contribution in [1.29, 1.82) is 0 Å². The van der Waals surface area contributed by atoms with Gasteiger partial charge in [-0.25, -0.2) is 4.79 Å². The maximum absolute atomic E-state index is 12.4. The lowest BCUT2D eigenvalue weighted by Gasteiger charge is -2.11. The highest BCUT2D eigenvalue weighted by atomic mass is 35.5. The number of nitrogens with zero attached hydrogens (tertiary/aromatic N) is 3. The summed E-state index contributed by atoms with van der Waals surface area (Å²) in [7, 11) is 1.30. The van der Waals surface area contributed by atoms with Crippen LogP contribution in [0.15, 0.2) is 47.5 Å². The average Bonchev–Trinajstić information content (AvgIpc) is 3.38. The SMILES string of the molecule is C=CCn1c(COc2ccc(Cl)cc2C)nnc1SCC(=O)Nc1sccc1C(=O)OC. The van der Waals surface area contributed by atoms with Crippen LogP contribution in [0.5, 0.6) is 5.75 Å². The van der Waals surface area contributed by atoms with Gasteiger partial charge in [-0.1, -0.05) is 29.4 Å². The van der Waals surface area contributed by atoms with Gasteiger partial charge in [0.15, 0.2) is 11.0 Å². The Morgan fingerprint density at radius 1 is 1.34 bits per heavy atom. The zero-order valence-electron chi connectivity index (χ0n) is 17.5. The quantitative estimate of drug-likeness (QED) is 0.251. The van der Waals surface area contributed by atoms with Crippen LogP contribution in [-0.2, 0) is 22.7 Å². The number of carbonyl (C=O) groups is 2. The summed E-state index contributed by atoms with van der Waals surface area (Å²) in [6.07, 6.45) is 1.72. The smallest absolute Gasteiger partial charge is 0.340 e. The number of benzene rings is 1. The van der Waals surface area contributed by atoms with Gasteiger partial charge in [-0.15, -0.1) is 28.1 Å². The molecule has 0 aliphatic carbocycles. The van der Waals surface area contributed by atoms with Crippen LogP contribution in [0.1, 0.15) is 21.7 Å². The number of aryl methyl sites for hydroxylation is 1. The van der Waals surface area contributed by atoms with Crippen LogP contribution in [0.3, 0.4) is 0 Å². The number of carbonyl (C=O) groups excluding carboxylic acids is 2. The van der Waals surface area contributed by atoms with E-state index in [2.05, 4.69) is 22.1 Å². The minimum atomic E-state index is -0.500. The second kappa shape index (κ2) is 11.2. The molecule has 8 nitrogen and oxygen atoms in total. The lowest BCUT2D eigenvalue weighted by atomic mass is 10.2. The summed E-state index contributed by atoms with van der Waals surface area (Å²) in [5.74, 6) is 0.623. The van der Waals surface area contributed by atoms with Crippen molar-refractivity contribution in [2.75, 3.05) is 18.2 Å². The topological polar surface area (TPSA) is 95.3 Å². The zero-order valence-corrected chi connectivity index (χ0v) is 19.9. The number of hydrogen-bond acceptors (Lipinski definition) is 8. The van der Waals surface area contributed by atoms with Gasteiger partial charge < -0.3 is 14.8 Å². The number of allylic oxidation sites excluding steroid dienone is 1. The predicted octanol–water partition coefficient (Wildman–Crippen LogP) is 4.58. The molecule has 2 aromatic heterocycles. The van der Waals surface area contributed by atoms with Gasteiger partial charge in [-0.05, 0) is 42.1 Å². The lowest BCUT2D eigenvalue weighted by molar-refractivity contribution is -0.113. The molecule has 168 valence electrons. The maximum Gasteiger partial charge on any atom is 0.340 e. The van der Waals surface area contributed by atoms with Crippen molar-refractivity contribution in [3.63, 3.8) is 0 Å². The number of aromatic nitrogens is 3. The first-order valence-corrected chi connectivity index (χ1v) is 11.7. The minimum Gasteiger partial charge on any atom is -0.485 e. The maximum atomic E-state index is 12.4. The number of amides is 1. The van der Waals surface area contributed by atoms with Crippen molar-refractivity contribution >= 4 is 51.6 Å². The fourth-order valence-corrected chi connectivity index (χ4v) is 4.52. The first-order chi connectivity index (χ1) is 15.4. The van der Waals surface area contributed by atoms with E-state index in [0.29, 0.717) is 38.9 Å². The number of hydrogen-bond donors (Lipinski definition) is 1. The van der Waals surface area contributed by atoms with Crippen LogP contribution in [-0.4, -0.2) is 39.5 Å². The Bertz CT molecular complexity index is 1130. The molecule has 2 heterocycles. The number of halogens is 1. The molecule has 0 unspecified atom stereocenters. The molecule has 0 fully saturated rings. The third-order valence-electron chi connectivity index (χ3n) is 4.25. The third kappa shape index (κ3) is 5.90. The lowest BCUT2D eigenvalue weighted by Crippen LogP contribution is -2.16. The molecule has 1 N–H and O–H groups in total. The molecular formula is C21H21ClN4O4S2. The molecule has 3 aromatic rings. The number of thiophene rings is 1. The standard InChI is InChI=1S/C21H21ClN4O4S2/c1-4-8-26-17(11-30-16-6-5-14(22)10-13(16)2)24-25-21(26)32-12-18(27)23-19-15(7-9-31-19)20(28)29-3/h4-7,9-10H,1,8,11-12H2,2-3H3,(H,23,27). The molecule has 0 aliphatic heterocycles. The van der Waals surface area contributed by atoms with Crippen molar-refractivity contribution in [2.45, 2.75) is 25.2 Å². The highest BCUT2D eigenvalue weighted by Crippen LogP contribution is 2.26. The minimum absolute atomic E-state index is 0.0882. The molecule has 0 radical (unpaired) electrons. The van der Waals surface area contributed by atoms with Gasteiger partial charge in [0.1, 0.15) is 17.4 Å². The van der Waals surface area contributed by atoms with Crippen LogP contribution in [0.4, 0.5) is 5.00 Å². The van der Waals surface area contributed by atoms with Crippen molar-refractivity contribution < 1.29 is 19.1 Å². The van der Waals surface area contributed by atoms with Crippen LogP contribution in [0.25, 0.3) is 0 Å². The summed E-state index contributed by atoms with van der Waals surface area (Å²) in [6, 6.07) is 7.00. The molecule has 0 spiro atoms. The van der Waals surface area contributed by atoms with Gasteiger partial charge in [-0.2, -0.15) is 0 Å². The van der Waals surface area contributed by atoms with Gasteiger partial charge in [0.2, 0.25) is 5.91 Å². The fraction of sp³-hybridized carbons (Fsp3) is 0.238. The van der Waals surface area contributed by atoms with Gasteiger partial charge in [0, 0.05) is 11.6 Å². The first kappa shape index (κ1) is 23.8. The number of methoxy groups -OCH3 is 1. The normalized spacial score (nSPS) is 10.6. The fourth-order valence-electron chi connectivity index (χ4n) is 2.73. The molecule has 11 heteroatoms. The van der Waals surface area contributed by atoms with E-state index in [1.54, 1.807) is 29.7 Å². The number of thioether (sulfide) groups is 1. The highest BCUT2D eigenvalue weighted by Gasteiger charge is 2.18. The van der Waals surface area contributed by atoms with E-state index in [0.717, 1.165) is 5.56 Å². The molecule has 32 heavy (non-hydrogen) atoms. The van der Waals surface area contributed by atoms with Crippen LogP contribution in [0.2, 0.25) is 5.02 Å². The van der Waals surface area contributed by atoms with E-state index >= 15 is 0 Å². The van der Waals surface area contributed by atoms with Gasteiger partial charge in [0.05, 0.1) is 18.4 Å². The Hall–Kier alpha value is -2.82. The Kier molecular flexibility index (Phi) is 8.32. The predicted molar refractivity (Wildman–Crippen MR) is 126 cm³/mol. The molecule has 1 aromatic carbocycles. The van der Waals surface area contributed by atoms with Gasteiger partial charge >= 0.3 is 5.97 Å². The Morgan fingerprint density at radius 3 is 2.88 bits per heavy atom. The zero-order chi connectivity index (χ0) is 23.1. The summed E-state index contributed by atoms with van der Waals surface area (Å²) in [6.45, 7) is 6.36. The summed E-state index contributed by atoms with van der Waals surface area (Å²) in [4.78, 5) is 24.2. The van der Waals surface area contributed by atoms with Crippen molar-refractivity contribution in [3.05, 3.63) is 64.3 Å². The molecule has 0 aliphatic rings. The van der Waals surface area contributed by atoms with Crippen molar-refractivity contribution in [2.24, 2.45) is 0 Å². The second-order valence-corrected chi connectivity index (χ2v) is 8.78. The summed E-state index contributed by atoms with van der Waals surface area (Å²) >= 11 is 8.47. The summed E-state index contributed by atoms with van der Waals surface area (Å²) in [5.41, 5.74) is 1.24. The molecule has 3 rings (SSSR count). The third-order valence-corrected chi connectivity index (χ3v) is 6.29. The first-order valence-electron chi connectivity index (χ1n) is 9.43. The molecule has 0 saturated carbocycles. The molecule has 0 bridgehead atoms. The second-order valence-electron chi connectivity index (χ2n) is 6.49. The van der Waals surface area contributed by atoms with E-state index in [9.17, 15) is 9.59 Å². The van der Waals surface area contributed by atoms with Crippen molar-refractivity contribution in [1.82, 2.24) is 14.8 Å². The molecule has 0 saturated heterocycles. The summed E-state index contributed by atoms with van der Waals surface area (Å²) in [5, 5.41) is 14.5.